The van der Waals surface area contributed by atoms with E-state index in [0.29, 0.717) is 35.7 Å². The molecule has 4 aromatic rings. The van der Waals surface area contributed by atoms with Crippen LogP contribution >= 0.6 is 0 Å². The molecule has 1 N–H and O–H groups in total. The molecule has 3 aliphatic rings. The van der Waals surface area contributed by atoms with Crippen molar-refractivity contribution in [1.29, 1.82) is 5.26 Å². The number of hydrogen-bond donors (Lipinski definition) is 1. The average Bonchev–Trinajstić information content (AvgIpc) is 3.88. The molecular formula is C30H27N7O. The standard InChI is InChI=1S/C30H27N7O/c1-36-17-33-35-29(36)26-10-18(14-31)3-9-24(26)22-12-27(20-5-6-20)34-28(13-22)37-16-21-4-2-19(11-25(21)30(37)38)15-32-23-7-8-23/h2-4,9-13,17,20,23,32H,5-8,15-16H2,1H3. The number of aromatic nitrogens is 4. The number of anilines is 1. The Kier molecular flexibility index (Phi) is 5.34. The van der Waals surface area contributed by atoms with Gasteiger partial charge < -0.3 is 9.88 Å². The predicted molar refractivity (Wildman–Crippen MR) is 143 cm³/mol. The summed E-state index contributed by atoms with van der Waals surface area (Å²) >= 11 is 0. The minimum Gasteiger partial charge on any atom is -0.317 e. The minimum atomic E-state index is -0.00646. The second-order valence-electron chi connectivity index (χ2n) is 10.6. The number of hydrogen-bond acceptors (Lipinski definition) is 6. The molecule has 7 rings (SSSR count). The van der Waals surface area contributed by atoms with Crippen molar-refractivity contribution >= 4 is 11.7 Å². The maximum atomic E-state index is 13.6. The first-order chi connectivity index (χ1) is 18.6. The fourth-order valence-electron chi connectivity index (χ4n) is 5.19. The van der Waals surface area contributed by atoms with Gasteiger partial charge in [0.2, 0.25) is 0 Å². The number of pyridine rings is 1. The second kappa shape index (κ2) is 8.89. The van der Waals surface area contributed by atoms with Crippen molar-refractivity contribution in [2.45, 2.75) is 50.7 Å². The van der Waals surface area contributed by atoms with Crippen LogP contribution in [0, 0.1) is 11.3 Å². The van der Waals surface area contributed by atoms with Crippen LogP contribution in [0.25, 0.3) is 22.5 Å². The zero-order valence-corrected chi connectivity index (χ0v) is 21.2. The molecule has 0 unspecified atom stereocenters. The van der Waals surface area contributed by atoms with Crippen LogP contribution < -0.4 is 10.2 Å². The highest BCUT2D eigenvalue weighted by Crippen LogP contribution is 2.43. The van der Waals surface area contributed by atoms with Crippen molar-refractivity contribution in [2.24, 2.45) is 7.05 Å². The molecule has 3 heterocycles. The number of carbonyl (C=O) groups excluding carboxylic acids is 1. The molecule has 8 heteroatoms. The molecule has 0 radical (unpaired) electrons. The van der Waals surface area contributed by atoms with Gasteiger partial charge in [-0.3, -0.25) is 9.69 Å². The number of benzene rings is 2. The van der Waals surface area contributed by atoms with Crippen LogP contribution in [0.15, 0.2) is 54.9 Å². The van der Waals surface area contributed by atoms with Crippen LogP contribution in [0.5, 0.6) is 0 Å². The van der Waals surface area contributed by atoms with E-state index in [1.807, 2.05) is 41.9 Å². The maximum Gasteiger partial charge on any atom is 0.260 e. The molecule has 2 aliphatic carbocycles. The van der Waals surface area contributed by atoms with Gasteiger partial charge in [0.1, 0.15) is 12.1 Å². The van der Waals surface area contributed by atoms with Crippen LogP contribution in [-0.4, -0.2) is 31.7 Å². The van der Waals surface area contributed by atoms with Crippen LogP contribution in [0.1, 0.15) is 64.3 Å². The van der Waals surface area contributed by atoms with Gasteiger partial charge in [0, 0.05) is 42.4 Å². The normalized spacial score (nSPS) is 16.5. The Bertz CT molecular complexity index is 1620. The lowest BCUT2D eigenvalue weighted by molar-refractivity contribution is 0.0996. The number of rotatable bonds is 7. The molecule has 0 bridgehead atoms. The van der Waals surface area contributed by atoms with Crippen molar-refractivity contribution < 1.29 is 4.79 Å². The topological polar surface area (TPSA) is 99.7 Å². The Morgan fingerprint density at radius 2 is 1.89 bits per heavy atom. The van der Waals surface area contributed by atoms with E-state index >= 15 is 0 Å². The van der Waals surface area contributed by atoms with Crippen molar-refractivity contribution in [1.82, 2.24) is 25.1 Å². The van der Waals surface area contributed by atoms with Gasteiger partial charge >= 0.3 is 0 Å². The Morgan fingerprint density at radius 3 is 2.63 bits per heavy atom. The van der Waals surface area contributed by atoms with Crippen molar-refractivity contribution in [3.8, 4) is 28.6 Å². The summed E-state index contributed by atoms with van der Waals surface area (Å²) in [6, 6.07) is 18.8. The highest BCUT2D eigenvalue weighted by molar-refractivity contribution is 6.10. The van der Waals surface area contributed by atoms with Gasteiger partial charge in [-0.1, -0.05) is 18.2 Å². The van der Waals surface area contributed by atoms with Crippen LogP contribution in [0.2, 0.25) is 0 Å². The summed E-state index contributed by atoms with van der Waals surface area (Å²) in [4.78, 5) is 20.4. The highest BCUT2D eigenvalue weighted by Gasteiger charge is 2.32. The molecule has 38 heavy (non-hydrogen) atoms. The lowest BCUT2D eigenvalue weighted by atomic mass is 9.96. The fraction of sp³-hybridized carbons (Fsp3) is 0.300. The van der Waals surface area contributed by atoms with Crippen molar-refractivity contribution in [2.75, 3.05) is 4.90 Å². The Hall–Kier alpha value is -4.35. The van der Waals surface area contributed by atoms with Crippen LogP contribution in [0.4, 0.5) is 5.82 Å². The number of fused-ring (bicyclic) bond motifs is 1. The zero-order chi connectivity index (χ0) is 25.8. The highest BCUT2D eigenvalue weighted by atomic mass is 16.2. The Labute approximate surface area is 221 Å². The number of carbonyl (C=O) groups is 1. The van der Waals surface area contributed by atoms with E-state index in [2.05, 4.69) is 39.8 Å². The van der Waals surface area contributed by atoms with Crippen molar-refractivity contribution in [3.05, 3.63) is 82.8 Å². The summed E-state index contributed by atoms with van der Waals surface area (Å²) in [7, 11) is 1.89. The van der Waals surface area contributed by atoms with Gasteiger partial charge in [0.05, 0.1) is 18.2 Å². The molecule has 2 saturated carbocycles. The van der Waals surface area contributed by atoms with Crippen molar-refractivity contribution in [3.63, 3.8) is 0 Å². The van der Waals surface area contributed by atoms with E-state index in [1.54, 1.807) is 11.2 Å². The third-order valence-corrected chi connectivity index (χ3v) is 7.67. The summed E-state index contributed by atoms with van der Waals surface area (Å²) in [5.41, 5.74) is 7.20. The van der Waals surface area contributed by atoms with Gasteiger partial charge in [-0.2, -0.15) is 5.26 Å². The van der Waals surface area contributed by atoms with Gasteiger partial charge in [-0.25, -0.2) is 4.98 Å². The lowest BCUT2D eigenvalue weighted by Crippen LogP contribution is -2.24. The molecule has 1 amide bonds. The Balaban J connectivity index is 1.28. The second-order valence-corrected chi connectivity index (χ2v) is 10.6. The molecule has 0 atom stereocenters. The van der Waals surface area contributed by atoms with E-state index in [0.717, 1.165) is 58.5 Å². The summed E-state index contributed by atoms with van der Waals surface area (Å²) in [6.45, 7) is 1.29. The van der Waals surface area contributed by atoms with Gasteiger partial charge in [-0.15, -0.1) is 10.2 Å². The maximum absolute atomic E-state index is 13.6. The molecular weight excluding hydrogens is 474 g/mol. The lowest BCUT2D eigenvalue weighted by Gasteiger charge is -2.18. The molecule has 2 fully saturated rings. The van der Waals surface area contributed by atoms with Crippen LogP contribution in [0.3, 0.4) is 0 Å². The zero-order valence-electron chi connectivity index (χ0n) is 21.2. The molecule has 8 nitrogen and oxygen atoms in total. The van der Waals surface area contributed by atoms with E-state index in [4.69, 9.17) is 4.98 Å². The summed E-state index contributed by atoms with van der Waals surface area (Å²) in [5, 5.41) is 21.4. The minimum absolute atomic E-state index is 0.00646. The SMILES string of the molecule is Cn1cnnc1-c1cc(C#N)ccc1-c1cc(C2CC2)nc(N2Cc3ccc(CNC4CC4)cc3C2=O)c1. The van der Waals surface area contributed by atoms with Gasteiger partial charge in [0.25, 0.3) is 5.91 Å². The quantitative estimate of drug-likeness (QED) is 0.394. The average molecular weight is 502 g/mol. The number of amides is 1. The first-order valence-electron chi connectivity index (χ1n) is 13.2. The molecule has 1 aliphatic heterocycles. The number of aryl methyl sites for hydroxylation is 1. The smallest absolute Gasteiger partial charge is 0.260 e. The predicted octanol–water partition coefficient (Wildman–Crippen LogP) is 4.71. The molecule has 0 spiro atoms. The molecule has 2 aromatic heterocycles. The Morgan fingerprint density at radius 1 is 1.03 bits per heavy atom. The molecule has 188 valence electrons. The first-order valence-corrected chi connectivity index (χ1v) is 13.2. The van der Waals surface area contributed by atoms with E-state index in [1.165, 1.54) is 12.8 Å². The first kappa shape index (κ1) is 22.8. The third kappa shape index (κ3) is 4.15. The third-order valence-electron chi connectivity index (χ3n) is 7.67. The summed E-state index contributed by atoms with van der Waals surface area (Å²) in [6.07, 6.45) is 6.33. The largest absolute Gasteiger partial charge is 0.317 e. The number of nitrogens with zero attached hydrogens (tertiary/aromatic N) is 6. The monoisotopic (exact) mass is 501 g/mol. The fourth-order valence-corrected chi connectivity index (χ4v) is 5.19. The van der Waals surface area contributed by atoms with Gasteiger partial charge in [-0.05, 0) is 78.3 Å². The van der Waals surface area contributed by atoms with E-state index in [-0.39, 0.29) is 5.91 Å². The van der Waals surface area contributed by atoms with E-state index < -0.39 is 0 Å². The number of nitriles is 1. The molecule has 0 saturated heterocycles. The molecule has 2 aromatic carbocycles. The van der Waals surface area contributed by atoms with Crippen LogP contribution in [-0.2, 0) is 20.1 Å². The number of nitrogens with one attached hydrogen (secondary N) is 1. The van der Waals surface area contributed by atoms with E-state index in [9.17, 15) is 10.1 Å². The summed E-state index contributed by atoms with van der Waals surface area (Å²) < 4.78 is 1.85. The summed E-state index contributed by atoms with van der Waals surface area (Å²) in [5.74, 6) is 1.75. The van der Waals surface area contributed by atoms with Gasteiger partial charge in [0.15, 0.2) is 5.82 Å².